The molecule has 2 rings (SSSR count). The van der Waals surface area contributed by atoms with Crippen LogP contribution in [0.15, 0.2) is 40.8 Å². The number of hydrogen-bond donors (Lipinski definition) is 1. The third-order valence-corrected chi connectivity index (χ3v) is 4.86. The first-order valence-corrected chi connectivity index (χ1v) is 8.38. The highest BCUT2D eigenvalue weighted by molar-refractivity contribution is 7.12. The average molecular weight is 319 g/mol. The van der Waals surface area contributed by atoms with Gasteiger partial charge in [0.05, 0.1) is 4.88 Å². The lowest BCUT2D eigenvalue weighted by Crippen LogP contribution is -2.42. The van der Waals surface area contributed by atoms with Crippen LogP contribution < -0.4 is 0 Å². The third-order valence-electron chi connectivity index (χ3n) is 3.99. The van der Waals surface area contributed by atoms with Gasteiger partial charge in [-0.05, 0) is 49.5 Å². The first-order valence-electron chi connectivity index (χ1n) is 7.50. The summed E-state index contributed by atoms with van der Waals surface area (Å²) in [5.74, 6) is 0.0297. The number of ketones is 1. The molecule has 120 valence electrons. The van der Waals surface area contributed by atoms with Crippen LogP contribution >= 0.6 is 11.3 Å². The van der Waals surface area contributed by atoms with Gasteiger partial charge in [0.1, 0.15) is 5.60 Å². The maximum atomic E-state index is 12.7. The average Bonchev–Trinajstić information content (AvgIpc) is 2.88. The second-order valence-corrected chi connectivity index (χ2v) is 8.22. The zero-order valence-corrected chi connectivity index (χ0v) is 14.8. The first kappa shape index (κ1) is 17.1. The fraction of sp³-hybridized carbons (Fsp3) is 0.500. The molecular formula is C18H25NO2S. The van der Waals surface area contributed by atoms with E-state index in [9.17, 15) is 9.90 Å². The quantitative estimate of drug-likeness (QED) is 0.682. The van der Waals surface area contributed by atoms with Crippen LogP contribution in [-0.2, 0) is 0 Å². The van der Waals surface area contributed by atoms with Crippen LogP contribution in [0.5, 0.6) is 0 Å². The predicted octanol–water partition coefficient (Wildman–Crippen LogP) is 3.53. The van der Waals surface area contributed by atoms with Crippen molar-refractivity contribution in [3.8, 4) is 0 Å². The Kier molecular flexibility index (Phi) is 4.76. The van der Waals surface area contributed by atoms with Gasteiger partial charge in [-0.3, -0.25) is 4.79 Å². The number of aliphatic hydroxyl groups is 1. The van der Waals surface area contributed by atoms with Crippen molar-refractivity contribution in [3.05, 3.63) is 45.7 Å². The molecule has 1 aromatic rings. The summed E-state index contributed by atoms with van der Waals surface area (Å²) in [5.41, 5.74) is 0.314. The van der Waals surface area contributed by atoms with Gasteiger partial charge in [0.2, 0.25) is 0 Å². The lowest BCUT2D eigenvalue weighted by atomic mass is 9.71. The maximum absolute atomic E-state index is 12.7. The molecule has 3 nitrogen and oxygen atoms in total. The minimum Gasteiger partial charge on any atom is -0.381 e. The highest BCUT2D eigenvalue weighted by atomic mass is 32.1. The van der Waals surface area contributed by atoms with Crippen molar-refractivity contribution < 1.29 is 9.90 Å². The van der Waals surface area contributed by atoms with Crippen LogP contribution in [0.2, 0.25) is 0 Å². The van der Waals surface area contributed by atoms with E-state index in [2.05, 4.69) is 4.90 Å². The molecule has 0 aliphatic heterocycles. The van der Waals surface area contributed by atoms with Gasteiger partial charge in [-0.1, -0.05) is 32.4 Å². The number of carbonyl (C=O) groups excluding carboxylic acids is 1. The Morgan fingerprint density at radius 1 is 1.36 bits per heavy atom. The van der Waals surface area contributed by atoms with Crippen molar-refractivity contribution in [2.24, 2.45) is 5.41 Å². The molecule has 0 aromatic carbocycles. The fourth-order valence-corrected chi connectivity index (χ4v) is 3.32. The van der Waals surface area contributed by atoms with Crippen molar-refractivity contribution in [1.82, 2.24) is 4.90 Å². The van der Waals surface area contributed by atoms with Crippen molar-refractivity contribution in [2.75, 3.05) is 20.6 Å². The minimum atomic E-state index is -1.10. The Bertz CT molecular complexity index is 606. The summed E-state index contributed by atoms with van der Waals surface area (Å²) < 4.78 is 0. The molecule has 1 aliphatic rings. The molecule has 0 fully saturated rings. The summed E-state index contributed by atoms with van der Waals surface area (Å²) in [6.07, 6.45) is 4.29. The van der Waals surface area contributed by atoms with Crippen LogP contribution in [0.4, 0.5) is 0 Å². The molecule has 4 heteroatoms. The Hall–Kier alpha value is -1.23. The zero-order valence-electron chi connectivity index (χ0n) is 14.0. The number of rotatable bonds is 4. The topological polar surface area (TPSA) is 40.5 Å². The normalized spacial score (nSPS) is 22.5. The van der Waals surface area contributed by atoms with Crippen LogP contribution in [0.25, 0.3) is 0 Å². The Morgan fingerprint density at radius 2 is 2.05 bits per heavy atom. The molecule has 1 aliphatic carbocycles. The van der Waals surface area contributed by atoms with E-state index in [-0.39, 0.29) is 11.2 Å². The van der Waals surface area contributed by atoms with Gasteiger partial charge >= 0.3 is 0 Å². The number of Topliss-reactive ketones (excluding diaryl/α,β-unsaturated/α-hetero) is 1. The summed E-state index contributed by atoms with van der Waals surface area (Å²) in [5, 5.41) is 13.0. The van der Waals surface area contributed by atoms with Crippen LogP contribution in [0, 0.1) is 5.41 Å². The number of carbonyl (C=O) groups is 1. The van der Waals surface area contributed by atoms with E-state index in [0.717, 1.165) is 17.0 Å². The standard InChI is InChI=1S/C18H25NO2S/c1-17(2,3)18(21)10-13(12-19(4)5)9-14(11-18)16(20)15-7-6-8-22-15/h6-8,10-11,21H,9,12H2,1-5H3. The molecule has 1 atom stereocenters. The molecule has 0 spiro atoms. The molecule has 0 saturated heterocycles. The summed E-state index contributed by atoms with van der Waals surface area (Å²) in [6.45, 7) is 6.72. The lowest BCUT2D eigenvalue weighted by Gasteiger charge is -2.39. The summed E-state index contributed by atoms with van der Waals surface area (Å²) in [6, 6.07) is 3.72. The predicted molar refractivity (Wildman–Crippen MR) is 92.4 cm³/mol. The number of allylic oxidation sites excluding steroid dienone is 1. The summed E-state index contributed by atoms with van der Waals surface area (Å²) in [7, 11) is 3.99. The van der Waals surface area contributed by atoms with Gasteiger partial charge in [-0.25, -0.2) is 0 Å². The van der Waals surface area contributed by atoms with E-state index >= 15 is 0 Å². The van der Waals surface area contributed by atoms with Gasteiger partial charge in [-0.15, -0.1) is 11.3 Å². The van der Waals surface area contributed by atoms with Gasteiger partial charge in [0.15, 0.2) is 5.78 Å². The monoisotopic (exact) mass is 319 g/mol. The molecule has 1 unspecified atom stereocenters. The zero-order chi connectivity index (χ0) is 16.5. The number of thiophene rings is 1. The first-order chi connectivity index (χ1) is 10.1. The highest BCUT2D eigenvalue weighted by Crippen LogP contribution is 2.39. The number of hydrogen-bond acceptors (Lipinski definition) is 4. The van der Waals surface area contributed by atoms with Gasteiger partial charge in [-0.2, -0.15) is 0 Å². The molecule has 0 radical (unpaired) electrons. The Labute approximate surface area is 137 Å². The van der Waals surface area contributed by atoms with E-state index in [1.807, 2.05) is 58.5 Å². The van der Waals surface area contributed by atoms with Gasteiger partial charge < -0.3 is 10.0 Å². The number of likely N-dealkylation sites (N-methyl/N-ethyl adjacent to an activating group) is 1. The molecule has 0 amide bonds. The molecule has 0 saturated carbocycles. The van der Waals surface area contributed by atoms with Crippen molar-refractivity contribution in [3.63, 3.8) is 0 Å². The second-order valence-electron chi connectivity index (χ2n) is 7.27. The van der Waals surface area contributed by atoms with E-state index in [0.29, 0.717) is 12.0 Å². The van der Waals surface area contributed by atoms with Gasteiger partial charge in [0.25, 0.3) is 0 Å². The molecular weight excluding hydrogens is 294 g/mol. The molecule has 1 heterocycles. The van der Waals surface area contributed by atoms with Crippen LogP contribution in [0.3, 0.4) is 0 Å². The molecule has 1 aromatic heterocycles. The van der Waals surface area contributed by atoms with Crippen molar-refractivity contribution >= 4 is 17.1 Å². The van der Waals surface area contributed by atoms with Crippen molar-refractivity contribution in [1.29, 1.82) is 0 Å². The summed E-state index contributed by atoms with van der Waals surface area (Å²) >= 11 is 1.45. The largest absolute Gasteiger partial charge is 0.381 e. The maximum Gasteiger partial charge on any atom is 0.199 e. The lowest BCUT2D eigenvalue weighted by molar-refractivity contribution is 0.0272. The Balaban J connectivity index is 2.40. The van der Waals surface area contributed by atoms with E-state index < -0.39 is 5.60 Å². The third kappa shape index (κ3) is 3.57. The van der Waals surface area contributed by atoms with E-state index in [1.165, 1.54) is 11.3 Å². The van der Waals surface area contributed by atoms with E-state index in [1.54, 1.807) is 6.08 Å². The number of nitrogens with zero attached hydrogens (tertiary/aromatic N) is 1. The highest BCUT2D eigenvalue weighted by Gasteiger charge is 2.40. The van der Waals surface area contributed by atoms with Crippen LogP contribution in [-0.4, -0.2) is 42.0 Å². The van der Waals surface area contributed by atoms with Gasteiger partial charge in [0, 0.05) is 12.1 Å². The molecule has 0 bridgehead atoms. The Morgan fingerprint density at radius 3 is 2.55 bits per heavy atom. The van der Waals surface area contributed by atoms with Crippen molar-refractivity contribution in [2.45, 2.75) is 32.8 Å². The van der Waals surface area contributed by atoms with E-state index in [4.69, 9.17) is 0 Å². The molecule has 22 heavy (non-hydrogen) atoms. The van der Waals surface area contributed by atoms with Crippen LogP contribution in [0.1, 0.15) is 36.9 Å². The smallest absolute Gasteiger partial charge is 0.199 e. The fourth-order valence-electron chi connectivity index (χ4n) is 2.62. The summed E-state index contributed by atoms with van der Waals surface area (Å²) in [4.78, 5) is 15.5. The molecule has 1 N–H and O–H groups in total. The second kappa shape index (κ2) is 6.11. The minimum absolute atomic E-state index is 0.0297. The SMILES string of the molecule is CN(C)CC1=CC(O)(C(C)(C)C)C=C(C(=O)c2cccs2)C1.